The van der Waals surface area contributed by atoms with Crippen molar-refractivity contribution in [2.24, 2.45) is 0 Å². The minimum absolute atomic E-state index is 0.476. The Morgan fingerprint density at radius 3 is 1.90 bits per heavy atom. The van der Waals surface area contributed by atoms with E-state index in [1.54, 1.807) is 19.1 Å². The molecule has 6 heteroatoms. The van der Waals surface area contributed by atoms with Gasteiger partial charge in [0.1, 0.15) is 5.69 Å². The first-order valence-electron chi connectivity index (χ1n) is 6.32. The van der Waals surface area contributed by atoms with Crippen LogP contribution in [0.4, 0.5) is 23.2 Å². The molecule has 112 valence electrons. The molecule has 0 amide bonds. The van der Waals surface area contributed by atoms with E-state index in [0.717, 1.165) is 16.0 Å². The Labute approximate surface area is 120 Å². The van der Waals surface area contributed by atoms with Crippen molar-refractivity contribution in [2.45, 2.75) is 19.9 Å². The zero-order valence-corrected chi connectivity index (χ0v) is 11.8. The number of halogens is 4. The van der Waals surface area contributed by atoms with Crippen molar-refractivity contribution in [1.29, 1.82) is 0 Å². The van der Waals surface area contributed by atoms with Crippen molar-refractivity contribution in [3.63, 3.8) is 0 Å². The van der Waals surface area contributed by atoms with Gasteiger partial charge in [-0.1, -0.05) is 29.8 Å². The van der Waals surface area contributed by atoms with Crippen LogP contribution < -0.4 is 4.90 Å². The molecular formula is C15H14F4N2. The summed E-state index contributed by atoms with van der Waals surface area (Å²) in [5, 5.41) is 0. The van der Waals surface area contributed by atoms with E-state index < -0.39 is 35.3 Å². The molecule has 0 radical (unpaired) electrons. The fourth-order valence-corrected chi connectivity index (χ4v) is 2.05. The smallest absolute Gasteiger partial charge is 0.253 e. The van der Waals surface area contributed by atoms with Gasteiger partial charge >= 0.3 is 0 Å². The number of rotatable bonds is 3. The highest BCUT2D eigenvalue weighted by molar-refractivity contribution is 5.50. The van der Waals surface area contributed by atoms with Crippen LogP contribution in [0.1, 0.15) is 24.1 Å². The summed E-state index contributed by atoms with van der Waals surface area (Å²) in [5.74, 6) is -6.33. The summed E-state index contributed by atoms with van der Waals surface area (Å²) in [7, 11) is 1.37. The van der Waals surface area contributed by atoms with Crippen molar-refractivity contribution in [3.8, 4) is 0 Å². The normalized spacial score (nSPS) is 12.3. The van der Waals surface area contributed by atoms with Crippen LogP contribution >= 0.6 is 0 Å². The summed E-state index contributed by atoms with van der Waals surface area (Å²) in [6.07, 6.45) is 0. The number of pyridine rings is 1. The molecule has 0 N–H and O–H groups in total. The van der Waals surface area contributed by atoms with Gasteiger partial charge in [0.15, 0.2) is 0 Å². The number of anilines is 1. The standard InChI is InChI=1S/C15H14F4N2/c1-8-4-6-10(7-5-8)9(2)21(3)13-11(16)14(18)20-15(19)12(13)17/h4-7,9H,1-3H3. The number of aromatic nitrogens is 1. The van der Waals surface area contributed by atoms with E-state index >= 15 is 0 Å². The predicted molar refractivity (Wildman–Crippen MR) is 72.1 cm³/mol. The fourth-order valence-electron chi connectivity index (χ4n) is 2.05. The lowest BCUT2D eigenvalue weighted by atomic mass is 10.1. The molecular weight excluding hydrogens is 284 g/mol. The zero-order chi connectivity index (χ0) is 15.7. The summed E-state index contributed by atoms with van der Waals surface area (Å²) in [4.78, 5) is 3.69. The molecule has 0 aliphatic heterocycles. The number of aryl methyl sites for hydroxylation is 1. The lowest BCUT2D eigenvalue weighted by molar-refractivity contribution is 0.405. The molecule has 0 saturated heterocycles. The van der Waals surface area contributed by atoms with E-state index in [-0.39, 0.29) is 0 Å². The molecule has 2 nitrogen and oxygen atoms in total. The Bertz CT molecular complexity index is 629. The Kier molecular flexibility index (Phi) is 4.16. The molecule has 0 spiro atoms. The average Bonchev–Trinajstić information content (AvgIpc) is 2.45. The monoisotopic (exact) mass is 298 g/mol. The van der Waals surface area contributed by atoms with Gasteiger partial charge in [0.05, 0.1) is 6.04 Å². The van der Waals surface area contributed by atoms with Crippen LogP contribution in [0.25, 0.3) is 0 Å². The first-order valence-corrected chi connectivity index (χ1v) is 6.32. The quantitative estimate of drug-likeness (QED) is 0.625. The molecule has 1 heterocycles. The molecule has 21 heavy (non-hydrogen) atoms. The number of hydrogen-bond donors (Lipinski definition) is 0. The fraction of sp³-hybridized carbons (Fsp3) is 0.267. The van der Waals surface area contributed by atoms with Crippen LogP contribution in [0.2, 0.25) is 0 Å². The average molecular weight is 298 g/mol. The van der Waals surface area contributed by atoms with Gasteiger partial charge in [-0.3, -0.25) is 0 Å². The largest absolute Gasteiger partial charge is 0.363 e. The second-order valence-corrected chi connectivity index (χ2v) is 4.87. The maximum absolute atomic E-state index is 13.7. The van der Waals surface area contributed by atoms with E-state index in [0.29, 0.717) is 0 Å². The van der Waals surface area contributed by atoms with Gasteiger partial charge < -0.3 is 4.90 Å². The van der Waals surface area contributed by atoms with Gasteiger partial charge in [0.2, 0.25) is 11.6 Å². The van der Waals surface area contributed by atoms with Gasteiger partial charge in [-0.2, -0.15) is 22.5 Å². The van der Waals surface area contributed by atoms with Gasteiger partial charge in [-0.05, 0) is 19.4 Å². The van der Waals surface area contributed by atoms with Crippen LogP contribution in [0.15, 0.2) is 24.3 Å². The molecule has 0 aliphatic carbocycles. The molecule has 2 rings (SSSR count). The Morgan fingerprint density at radius 1 is 0.952 bits per heavy atom. The number of nitrogens with zero attached hydrogens (tertiary/aromatic N) is 2. The molecule has 1 unspecified atom stereocenters. The third kappa shape index (κ3) is 2.84. The highest BCUT2D eigenvalue weighted by Crippen LogP contribution is 2.31. The number of hydrogen-bond acceptors (Lipinski definition) is 2. The minimum Gasteiger partial charge on any atom is -0.363 e. The van der Waals surface area contributed by atoms with Crippen molar-refractivity contribution >= 4 is 5.69 Å². The Hall–Kier alpha value is -2.11. The third-order valence-electron chi connectivity index (χ3n) is 3.47. The van der Waals surface area contributed by atoms with Crippen LogP contribution in [0, 0.1) is 30.5 Å². The first kappa shape index (κ1) is 15.3. The maximum atomic E-state index is 13.7. The van der Waals surface area contributed by atoms with E-state index in [2.05, 4.69) is 4.98 Å². The van der Waals surface area contributed by atoms with E-state index in [1.807, 2.05) is 19.1 Å². The Morgan fingerprint density at radius 2 is 1.43 bits per heavy atom. The highest BCUT2D eigenvalue weighted by atomic mass is 19.2. The predicted octanol–water partition coefficient (Wildman–Crippen LogP) is 4.14. The summed E-state index contributed by atoms with van der Waals surface area (Å²) in [6.45, 7) is 3.59. The first-order chi connectivity index (χ1) is 9.82. The van der Waals surface area contributed by atoms with Crippen LogP contribution in [0.5, 0.6) is 0 Å². The molecule has 1 atom stereocenters. The van der Waals surface area contributed by atoms with Crippen LogP contribution in [0.3, 0.4) is 0 Å². The molecule has 1 aromatic heterocycles. The third-order valence-corrected chi connectivity index (χ3v) is 3.47. The zero-order valence-electron chi connectivity index (χ0n) is 11.8. The van der Waals surface area contributed by atoms with Gasteiger partial charge in [-0.15, -0.1) is 0 Å². The van der Waals surface area contributed by atoms with Crippen molar-refractivity contribution in [2.75, 3.05) is 11.9 Å². The molecule has 0 fully saturated rings. The minimum atomic E-state index is -1.66. The Balaban J connectivity index is 2.44. The van der Waals surface area contributed by atoms with E-state index in [4.69, 9.17) is 0 Å². The molecule has 0 bridgehead atoms. The summed E-state index contributed by atoms with van der Waals surface area (Å²) in [5.41, 5.74) is 1.03. The second-order valence-electron chi connectivity index (χ2n) is 4.87. The lowest BCUT2D eigenvalue weighted by Crippen LogP contribution is -2.25. The van der Waals surface area contributed by atoms with Crippen molar-refractivity contribution in [1.82, 2.24) is 4.98 Å². The van der Waals surface area contributed by atoms with Gasteiger partial charge in [-0.25, -0.2) is 0 Å². The summed E-state index contributed by atoms with van der Waals surface area (Å²) >= 11 is 0. The molecule has 2 aromatic rings. The van der Waals surface area contributed by atoms with Crippen molar-refractivity contribution < 1.29 is 17.6 Å². The summed E-state index contributed by atoms with van der Waals surface area (Å²) < 4.78 is 53.9. The van der Waals surface area contributed by atoms with E-state index in [9.17, 15) is 17.6 Å². The topological polar surface area (TPSA) is 16.1 Å². The maximum Gasteiger partial charge on any atom is 0.253 e. The molecule has 0 aliphatic rings. The molecule has 1 aromatic carbocycles. The number of benzene rings is 1. The summed E-state index contributed by atoms with van der Waals surface area (Å²) in [6, 6.07) is 6.80. The van der Waals surface area contributed by atoms with Crippen LogP contribution in [-0.4, -0.2) is 12.0 Å². The SMILES string of the molecule is Cc1ccc(C(C)N(C)c2c(F)c(F)nc(F)c2F)cc1. The lowest BCUT2D eigenvalue weighted by Gasteiger charge is -2.28. The second kappa shape index (κ2) is 5.71. The van der Waals surface area contributed by atoms with Gasteiger partial charge in [0.25, 0.3) is 11.9 Å². The molecule has 0 saturated carbocycles. The van der Waals surface area contributed by atoms with Gasteiger partial charge in [0, 0.05) is 7.05 Å². The van der Waals surface area contributed by atoms with E-state index in [1.165, 1.54) is 7.05 Å². The van der Waals surface area contributed by atoms with Crippen LogP contribution in [-0.2, 0) is 0 Å². The highest BCUT2D eigenvalue weighted by Gasteiger charge is 2.26. The van der Waals surface area contributed by atoms with Crippen molar-refractivity contribution in [3.05, 3.63) is 58.9 Å².